The van der Waals surface area contributed by atoms with Crippen LogP contribution in [0.5, 0.6) is 5.75 Å². The predicted octanol–water partition coefficient (Wildman–Crippen LogP) is 3.30. The second kappa shape index (κ2) is 8.36. The summed E-state index contributed by atoms with van der Waals surface area (Å²) >= 11 is 5.99. The number of anilines is 1. The van der Waals surface area contributed by atoms with Gasteiger partial charge in [-0.05, 0) is 49.2 Å². The largest absolute Gasteiger partial charge is 0.494 e. The molecule has 2 aromatic carbocycles. The Labute approximate surface area is 146 Å². The van der Waals surface area contributed by atoms with Crippen LogP contribution in [0.3, 0.4) is 0 Å². The van der Waals surface area contributed by atoms with E-state index in [2.05, 4.69) is 10.6 Å². The van der Waals surface area contributed by atoms with E-state index in [1.54, 1.807) is 18.2 Å². The average molecular weight is 347 g/mol. The lowest BCUT2D eigenvalue weighted by molar-refractivity contribution is -0.136. The molecule has 2 N–H and O–H groups in total. The number of ether oxygens (including phenoxy) is 1. The third kappa shape index (κ3) is 4.99. The molecular weight excluding hydrogens is 328 g/mol. The maximum atomic E-state index is 11.9. The molecule has 0 aliphatic rings. The summed E-state index contributed by atoms with van der Waals surface area (Å²) in [5.74, 6) is -0.678. The van der Waals surface area contributed by atoms with Gasteiger partial charge >= 0.3 is 11.8 Å². The smallest absolute Gasteiger partial charge is 0.313 e. The zero-order valence-electron chi connectivity index (χ0n) is 13.6. The SMILES string of the molecule is CCOc1ccc(CNC(=O)C(=O)Nc2ccc(C)c(Cl)c2)cc1. The fourth-order valence-electron chi connectivity index (χ4n) is 1.99. The van der Waals surface area contributed by atoms with Crippen LogP contribution in [0, 0.1) is 6.92 Å². The topological polar surface area (TPSA) is 67.4 Å². The van der Waals surface area contributed by atoms with Crippen LogP contribution in [0.1, 0.15) is 18.1 Å². The van der Waals surface area contributed by atoms with Crippen LogP contribution in [0.15, 0.2) is 42.5 Å². The van der Waals surface area contributed by atoms with Crippen LogP contribution in [-0.2, 0) is 16.1 Å². The molecule has 0 unspecified atom stereocenters. The van der Waals surface area contributed by atoms with Gasteiger partial charge in [0.15, 0.2) is 0 Å². The molecule has 6 heteroatoms. The van der Waals surface area contributed by atoms with E-state index in [9.17, 15) is 9.59 Å². The molecule has 0 heterocycles. The number of amides is 2. The van der Waals surface area contributed by atoms with Gasteiger partial charge in [0.05, 0.1) is 6.61 Å². The van der Waals surface area contributed by atoms with Gasteiger partial charge in [-0.15, -0.1) is 0 Å². The predicted molar refractivity (Wildman–Crippen MR) is 94.3 cm³/mol. The lowest BCUT2D eigenvalue weighted by atomic mass is 10.2. The summed E-state index contributed by atoms with van der Waals surface area (Å²) < 4.78 is 5.35. The Kier molecular flexibility index (Phi) is 6.21. The average Bonchev–Trinajstić information content (AvgIpc) is 2.57. The van der Waals surface area contributed by atoms with Gasteiger partial charge in [-0.1, -0.05) is 29.8 Å². The van der Waals surface area contributed by atoms with Crippen LogP contribution in [0.2, 0.25) is 5.02 Å². The van der Waals surface area contributed by atoms with E-state index >= 15 is 0 Å². The number of benzene rings is 2. The van der Waals surface area contributed by atoms with Crippen molar-refractivity contribution in [1.82, 2.24) is 5.32 Å². The summed E-state index contributed by atoms with van der Waals surface area (Å²) in [6.07, 6.45) is 0. The van der Waals surface area contributed by atoms with Crippen LogP contribution in [0.25, 0.3) is 0 Å². The number of carbonyl (C=O) groups is 2. The minimum atomic E-state index is -0.735. The van der Waals surface area contributed by atoms with E-state index in [0.717, 1.165) is 16.9 Å². The number of hydrogen-bond acceptors (Lipinski definition) is 3. The van der Waals surface area contributed by atoms with E-state index in [1.807, 2.05) is 38.1 Å². The normalized spacial score (nSPS) is 10.1. The van der Waals surface area contributed by atoms with Gasteiger partial charge < -0.3 is 15.4 Å². The van der Waals surface area contributed by atoms with E-state index in [-0.39, 0.29) is 6.54 Å². The number of halogens is 1. The Morgan fingerprint density at radius 1 is 1.08 bits per heavy atom. The molecule has 24 heavy (non-hydrogen) atoms. The zero-order chi connectivity index (χ0) is 17.5. The molecule has 0 aliphatic carbocycles. The van der Waals surface area contributed by atoms with Gasteiger partial charge in [0.2, 0.25) is 0 Å². The molecule has 0 spiro atoms. The highest BCUT2D eigenvalue weighted by Gasteiger charge is 2.13. The Morgan fingerprint density at radius 3 is 2.42 bits per heavy atom. The Balaban J connectivity index is 1.87. The standard InChI is InChI=1S/C18H19ClN2O3/c1-3-24-15-8-5-13(6-9-15)11-20-17(22)18(23)21-14-7-4-12(2)16(19)10-14/h4-10H,3,11H2,1-2H3,(H,20,22)(H,21,23). The Bertz CT molecular complexity index is 730. The van der Waals surface area contributed by atoms with Gasteiger partial charge in [-0.2, -0.15) is 0 Å². The third-order valence-electron chi connectivity index (χ3n) is 3.32. The monoisotopic (exact) mass is 346 g/mol. The van der Waals surface area contributed by atoms with Crippen LogP contribution in [-0.4, -0.2) is 18.4 Å². The highest BCUT2D eigenvalue weighted by Crippen LogP contribution is 2.19. The van der Waals surface area contributed by atoms with Gasteiger partial charge in [0.25, 0.3) is 0 Å². The summed E-state index contributed by atoms with van der Waals surface area (Å²) in [4.78, 5) is 23.7. The highest BCUT2D eigenvalue weighted by atomic mass is 35.5. The first kappa shape index (κ1) is 17.8. The fraction of sp³-hybridized carbons (Fsp3) is 0.222. The van der Waals surface area contributed by atoms with Gasteiger partial charge in [-0.3, -0.25) is 9.59 Å². The maximum Gasteiger partial charge on any atom is 0.313 e. The number of nitrogens with one attached hydrogen (secondary N) is 2. The van der Waals surface area contributed by atoms with Gasteiger partial charge in [0, 0.05) is 17.3 Å². The molecule has 0 fully saturated rings. The molecule has 0 atom stereocenters. The molecule has 2 rings (SSSR count). The molecule has 2 aromatic rings. The van der Waals surface area contributed by atoms with E-state index in [4.69, 9.17) is 16.3 Å². The third-order valence-corrected chi connectivity index (χ3v) is 3.73. The van der Waals surface area contributed by atoms with Gasteiger partial charge in [0.1, 0.15) is 5.75 Å². The fourth-order valence-corrected chi connectivity index (χ4v) is 2.17. The number of rotatable bonds is 5. The molecule has 126 valence electrons. The molecular formula is C18H19ClN2O3. The minimum Gasteiger partial charge on any atom is -0.494 e. The Hall–Kier alpha value is -2.53. The van der Waals surface area contributed by atoms with Crippen molar-refractivity contribution in [3.05, 3.63) is 58.6 Å². The quantitative estimate of drug-likeness (QED) is 0.816. The van der Waals surface area contributed by atoms with Crippen molar-refractivity contribution in [1.29, 1.82) is 0 Å². The van der Waals surface area contributed by atoms with Gasteiger partial charge in [-0.25, -0.2) is 0 Å². The van der Waals surface area contributed by atoms with Crippen molar-refractivity contribution in [3.8, 4) is 5.75 Å². The number of aryl methyl sites for hydroxylation is 1. The van der Waals surface area contributed by atoms with E-state index < -0.39 is 11.8 Å². The van der Waals surface area contributed by atoms with Crippen molar-refractivity contribution >= 4 is 29.1 Å². The molecule has 0 saturated carbocycles. The van der Waals surface area contributed by atoms with Crippen molar-refractivity contribution < 1.29 is 14.3 Å². The Morgan fingerprint density at radius 2 is 1.79 bits per heavy atom. The molecule has 0 saturated heterocycles. The summed E-state index contributed by atoms with van der Waals surface area (Å²) in [7, 11) is 0. The van der Waals surface area contributed by atoms with Crippen molar-refractivity contribution in [3.63, 3.8) is 0 Å². The number of hydrogen-bond donors (Lipinski definition) is 2. The minimum absolute atomic E-state index is 0.257. The molecule has 5 nitrogen and oxygen atoms in total. The second-order valence-electron chi connectivity index (χ2n) is 5.18. The van der Waals surface area contributed by atoms with Crippen molar-refractivity contribution in [2.24, 2.45) is 0 Å². The first-order valence-electron chi connectivity index (χ1n) is 7.56. The molecule has 0 radical (unpaired) electrons. The van der Waals surface area contributed by atoms with Crippen LogP contribution < -0.4 is 15.4 Å². The zero-order valence-corrected chi connectivity index (χ0v) is 14.3. The molecule has 0 aliphatic heterocycles. The molecule has 2 amide bonds. The summed E-state index contributed by atoms with van der Waals surface area (Å²) in [6.45, 7) is 4.62. The van der Waals surface area contributed by atoms with Crippen LogP contribution in [0.4, 0.5) is 5.69 Å². The first-order valence-corrected chi connectivity index (χ1v) is 7.94. The van der Waals surface area contributed by atoms with Crippen LogP contribution >= 0.6 is 11.6 Å². The molecule has 0 aromatic heterocycles. The summed E-state index contributed by atoms with van der Waals surface area (Å²) in [5.41, 5.74) is 2.25. The number of carbonyl (C=O) groups excluding carboxylic acids is 2. The second-order valence-corrected chi connectivity index (χ2v) is 5.58. The molecule has 0 bridgehead atoms. The first-order chi connectivity index (χ1) is 11.5. The summed E-state index contributed by atoms with van der Waals surface area (Å²) in [5, 5.41) is 5.62. The highest BCUT2D eigenvalue weighted by molar-refractivity contribution is 6.39. The van der Waals surface area contributed by atoms with Crippen molar-refractivity contribution in [2.45, 2.75) is 20.4 Å². The van der Waals surface area contributed by atoms with E-state index in [1.165, 1.54) is 0 Å². The lowest BCUT2D eigenvalue weighted by Crippen LogP contribution is -2.34. The summed E-state index contributed by atoms with van der Waals surface area (Å²) in [6, 6.07) is 12.4. The maximum absolute atomic E-state index is 11.9. The lowest BCUT2D eigenvalue weighted by Gasteiger charge is -2.08. The van der Waals surface area contributed by atoms with E-state index in [0.29, 0.717) is 17.3 Å². The van der Waals surface area contributed by atoms with Crippen molar-refractivity contribution in [2.75, 3.05) is 11.9 Å².